The number of nitrogens with zero attached hydrogens (tertiary/aromatic N) is 2. The van der Waals surface area contributed by atoms with Crippen molar-refractivity contribution >= 4 is 22.1 Å². The molecule has 7 nitrogen and oxygen atoms in total. The number of rotatable bonds is 6. The first-order chi connectivity index (χ1) is 9.91. The molecule has 0 amide bonds. The molecule has 2 unspecified atom stereocenters. The Kier molecular flexibility index (Phi) is 5.00. The van der Waals surface area contributed by atoms with Crippen molar-refractivity contribution in [3.63, 3.8) is 0 Å². The number of ether oxygens (including phenoxy) is 1. The van der Waals surface area contributed by atoms with Gasteiger partial charge in [0.1, 0.15) is 0 Å². The Hall–Kier alpha value is -0.990. The predicted octanol–water partition coefficient (Wildman–Crippen LogP) is 0.375. The first kappa shape index (κ1) is 16.4. The smallest absolute Gasteiger partial charge is 0.318 e. The summed E-state index contributed by atoms with van der Waals surface area (Å²) in [6.07, 6.45) is 1.82. The van der Waals surface area contributed by atoms with Crippen molar-refractivity contribution in [3.05, 3.63) is 0 Å². The first-order valence-corrected chi connectivity index (χ1v) is 8.82. The van der Waals surface area contributed by atoms with Crippen LogP contribution in [0.2, 0.25) is 0 Å². The van der Waals surface area contributed by atoms with E-state index in [9.17, 15) is 18.0 Å². The lowest BCUT2D eigenvalue weighted by Crippen LogP contribution is -2.50. The van der Waals surface area contributed by atoms with Gasteiger partial charge in [-0.15, -0.1) is 0 Å². The van der Waals surface area contributed by atoms with Gasteiger partial charge in [-0.3, -0.25) is 9.59 Å². The van der Waals surface area contributed by atoms with Crippen molar-refractivity contribution in [1.82, 2.24) is 8.61 Å². The Morgan fingerprint density at radius 2 is 1.71 bits per heavy atom. The third-order valence-electron chi connectivity index (χ3n) is 3.98. The van der Waals surface area contributed by atoms with Crippen molar-refractivity contribution in [2.24, 2.45) is 11.8 Å². The molecule has 120 valence electrons. The molecule has 2 heterocycles. The molecule has 21 heavy (non-hydrogen) atoms. The van der Waals surface area contributed by atoms with E-state index in [-0.39, 0.29) is 13.1 Å². The molecule has 0 bridgehead atoms. The fourth-order valence-corrected chi connectivity index (χ4v) is 4.75. The van der Waals surface area contributed by atoms with Crippen LogP contribution in [0.3, 0.4) is 0 Å². The highest BCUT2D eigenvalue weighted by atomic mass is 32.2. The molecule has 8 heteroatoms. The summed E-state index contributed by atoms with van der Waals surface area (Å²) in [5.74, 6) is -2.23. The number of hydrogen-bond acceptors (Lipinski definition) is 5. The topological polar surface area (TPSA) is 84.0 Å². The molecule has 2 aliphatic heterocycles. The third kappa shape index (κ3) is 3.12. The third-order valence-corrected chi connectivity index (χ3v) is 5.98. The molecule has 0 saturated carbocycles. The highest BCUT2D eigenvalue weighted by Gasteiger charge is 2.49. The zero-order valence-corrected chi connectivity index (χ0v) is 13.3. The predicted molar refractivity (Wildman–Crippen MR) is 75.3 cm³/mol. The van der Waals surface area contributed by atoms with E-state index in [0.29, 0.717) is 19.5 Å². The van der Waals surface area contributed by atoms with Crippen LogP contribution in [-0.2, 0) is 24.5 Å². The molecule has 2 saturated heterocycles. The summed E-state index contributed by atoms with van der Waals surface area (Å²) in [7, 11) is -3.58. The number of hydrogen-bond donors (Lipinski definition) is 0. The number of carbonyl (C=O) groups is 2. The van der Waals surface area contributed by atoms with E-state index in [1.54, 1.807) is 0 Å². The normalized spacial score (nSPS) is 27.0. The zero-order valence-electron chi connectivity index (χ0n) is 12.4. The highest BCUT2D eigenvalue weighted by Crippen LogP contribution is 2.33. The lowest BCUT2D eigenvalue weighted by Gasteiger charge is -2.34. The van der Waals surface area contributed by atoms with Crippen LogP contribution in [0.15, 0.2) is 0 Å². The van der Waals surface area contributed by atoms with Gasteiger partial charge in [-0.1, -0.05) is 13.8 Å². The quantitative estimate of drug-likeness (QED) is 0.522. The van der Waals surface area contributed by atoms with Crippen LogP contribution in [0, 0.1) is 11.8 Å². The molecular weight excluding hydrogens is 296 g/mol. The molecular formula is C13H22N2O5S. The maximum absolute atomic E-state index is 12.7. The lowest BCUT2D eigenvalue weighted by atomic mass is 9.89. The van der Waals surface area contributed by atoms with E-state index in [4.69, 9.17) is 0 Å². The van der Waals surface area contributed by atoms with Gasteiger partial charge < -0.3 is 4.74 Å². The molecule has 0 aromatic heterocycles. The monoisotopic (exact) mass is 318 g/mol. The number of esters is 2. The molecule has 0 aromatic rings. The maximum Gasteiger partial charge on any atom is 0.318 e. The van der Waals surface area contributed by atoms with Crippen molar-refractivity contribution in [3.8, 4) is 0 Å². The van der Waals surface area contributed by atoms with Gasteiger partial charge in [-0.05, 0) is 19.3 Å². The summed E-state index contributed by atoms with van der Waals surface area (Å²) >= 11 is 0. The Morgan fingerprint density at radius 1 is 1.14 bits per heavy atom. The SMILES string of the molecule is CCCN(CCC)S(=O)(=O)N1CCC2C(=O)OC(=O)C2C1. The number of fused-ring (bicyclic) bond motifs is 1. The molecule has 0 N–H and O–H groups in total. The fraction of sp³-hybridized carbons (Fsp3) is 0.846. The van der Waals surface area contributed by atoms with Crippen LogP contribution < -0.4 is 0 Å². The maximum atomic E-state index is 12.7. The molecule has 2 rings (SSSR count). The average molecular weight is 318 g/mol. The molecule has 0 radical (unpaired) electrons. The van der Waals surface area contributed by atoms with Crippen molar-refractivity contribution in [1.29, 1.82) is 0 Å². The van der Waals surface area contributed by atoms with Crippen molar-refractivity contribution in [2.75, 3.05) is 26.2 Å². The zero-order chi connectivity index (χ0) is 15.6. The largest absolute Gasteiger partial charge is 0.393 e. The molecule has 0 aromatic carbocycles. The summed E-state index contributed by atoms with van der Waals surface area (Å²) in [4.78, 5) is 23.1. The standard InChI is InChI=1S/C13H22N2O5S/c1-3-6-14(7-4-2)21(18,19)15-8-5-10-11(9-15)13(17)20-12(10)16/h10-11H,3-9H2,1-2H3. The minimum Gasteiger partial charge on any atom is -0.393 e. The van der Waals surface area contributed by atoms with E-state index in [1.165, 1.54) is 8.61 Å². The molecule has 0 aliphatic carbocycles. The second-order valence-electron chi connectivity index (χ2n) is 5.51. The van der Waals surface area contributed by atoms with E-state index in [1.807, 2.05) is 13.8 Å². The molecule has 2 aliphatic rings. The average Bonchev–Trinajstić information content (AvgIpc) is 2.73. The summed E-state index contributed by atoms with van der Waals surface area (Å²) in [6.45, 7) is 5.08. The number of piperidine rings is 1. The van der Waals surface area contributed by atoms with Gasteiger partial charge in [0.15, 0.2) is 0 Å². The van der Waals surface area contributed by atoms with Gasteiger partial charge >= 0.3 is 11.9 Å². The van der Waals surface area contributed by atoms with Gasteiger partial charge in [-0.2, -0.15) is 17.0 Å². The van der Waals surface area contributed by atoms with Crippen LogP contribution >= 0.6 is 0 Å². The summed E-state index contributed by atoms with van der Waals surface area (Å²) < 4.78 is 32.7. The lowest BCUT2D eigenvalue weighted by molar-refractivity contribution is -0.153. The molecule has 0 spiro atoms. The van der Waals surface area contributed by atoms with E-state index >= 15 is 0 Å². The Labute approximate surface area is 125 Å². The first-order valence-electron chi connectivity index (χ1n) is 7.42. The highest BCUT2D eigenvalue weighted by molar-refractivity contribution is 7.86. The molecule has 2 atom stereocenters. The van der Waals surface area contributed by atoms with Gasteiger partial charge in [0.2, 0.25) is 0 Å². The van der Waals surface area contributed by atoms with Crippen molar-refractivity contribution < 1.29 is 22.7 Å². The van der Waals surface area contributed by atoms with Gasteiger partial charge in [0.25, 0.3) is 10.2 Å². The van der Waals surface area contributed by atoms with Crippen LogP contribution in [0.4, 0.5) is 0 Å². The number of cyclic esters (lactones) is 2. The second-order valence-corrected chi connectivity index (χ2v) is 7.44. The van der Waals surface area contributed by atoms with Gasteiger partial charge in [-0.25, -0.2) is 0 Å². The Morgan fingerprint density at radius 3 is 2.29 bits per heavy atom. The minimum absolute atomic E-state index is 0.0432. The van der Waals surface area contributed by atoms with E-state index in [0.717, 1.165) is 12.8 Å². The number of carbonyl (C=O) groups excluding carboxylic acids is 2. The van der Waals surface area contributed by atoms with Crippen LogP contribution in [0.5, 0.6) is 0 Å². The van der Waals surface area contributed by atoms with Crippen LogP contribution in [0.1, 0.15) is 33.1 Å². The van der Waals surface area contributed by atoms with Crippen LogP contribution in [0.25, 0.3) is 0 Å². The Balaban J connectivity index is 2.14. The van der Waals surface area contributed by atoms with Gasteiger partial charge in [0.05, 0.1) is 11.8 Å². The van der Waals surface area contributed by atoms with E-state index < -0.39 is 34.0 Å². The summed E-state index contributed by atoms with van der Waals surface area (Å²) in [5.41, 5.74) is 0. The summed E-state index contributed by atoms with van der Waals surface area (Å²) in [5, 5.41) is 0. The van der Waals surface area contributed by atoms with E-state index in [2.05, 4.69) is 4.74 Å². The minimum atomic E-state index is -3.58. The fourth-order valence-electron chi connectivity index (χ4n) is 2.91. The Bertz CT molecular complexity index is 513. The molecule has 2 fully saturated rings. The summed E-state index contributed by atoms with van der Waals surface area (Å²) in [6, 6.07) is 0. The second kappa shape index (κ2) is 6.41. The van der Waals surface area contributed by atoms with Crippen molar-refractivity contribution in [2.45, 2.75) is 33.1 Å². The van der Waals surface area contributed by atoms with Gasteiger partial charge in [0, 0.05) is 26.2 Å². The van der Waals surface area contributed by atoms with Crippen LogP contribution in [-0.4, -0.2) is 55.1 Å².